The summed E-state index contributed by atoms with van der Waals surface area (Å²) in [4.78, 5) is 2.03. The predicted molar refractivity (Wildman–Crippen MR) is 115 cm³/mol. The molecule has 0 aromatic heterocycles. The number of hydrogen-bond donors (Lipinski definition) is 1. The molecule has 1 saturated heterocycles. The van der Waals surface area contributed by atoms with Gasteiger partial charge in [-0.2, -0.15) is 0 Å². The first kappa shape index (κ1) is 22.4. The van der Waals surface area contributed by atoms with E-state index >= 15 is 0 Å². The van der Waals surface area contributed by atoms with E-state index in [9.17, 15) is 13.5 Å². The first-order valence-electron chi connectivity index (χ1n) is 9.91. The number of benzene rings is 2. The van der Waals surface area contributed by atoms with E-state index in [0.717, 1.165) is 17.1 Å². The van der Waals surface area contributed by atoms with Crippen LogP contribution in [0.15, 0.2) is 48.5 Å². The summed E-state index contributed by atoms with van der Waals surface area (Å²) in [6, 6.07) is 14.7. The van der Waals surface area contributed by atoms with Crippen molar-refractivity contribution in [1.29, 1.82) is 0 Å². The molecule has 1 N–H and O–H groups in total. The van der Waals surface area contributed by atoms with Crippen molar-refractivity contribution in [3.63, 3.8) is 0 Å². The molecule has 2 atom stereocenters. The highest BCUT2D eigenvalue weighted by Crippen LogP contribution is 2.22. The Morgan fingerprint density at radius 2 is 1.77 bits per heavy atom. The van der Waals surface area contributed by atoms with Gasteiger partial charge < -0.3 is 19.3 Å². The van der Waals surface area contributed by atoms with Crippen molar-refractivity contribution in [3.05, 3.63) is 54.1 Å². The highest BCUT2D eigenvalue weighted by atomic mass is 32.2. The summed E-state index contributed by atoms with van der Waals surface area (Å²) in [5.74, 6) is 2.41. The van der Waals surface area contributed by atoms with Crippen molar-refractivity contribution in [2.24, 2.45) is 0 Å². The molecular weight excluding hydrogens is 406 g/mol. The fourth-order valence-electron chi connectivity index (χ4n) is 3.60. The summed E-state index contributed by atoms with van der Waals surface area (Å²) in [7, 11) is 0.174. The van der Waals surface area contributed by atoms with Crippen LogP contribution in [0.4, 0.5) is 0 Å². The van der Waals surface area contributed by atoms with Gasteiger partial charge in [0.15, 0.2) is 9.84 Å². The Labute approximate surface area is 178 Å². The molecular formula is C22H29NO6S. The second-order valence-electron chi connectivity index (χ2n) is 7.48. The van der Waals surface area contributed by atoms with Crippen LogP contribution in [0.25, 0.3) is 0 Å². The van der Waals surface area contributed by atoms with Crippen LogP contribution in [0.5, 0.6) is 17.2 Å². The lowest BCUT2D eigenvalue weighted by molar-refractivity contribution is 0.0524. The monoisotopic (exact) mass is 435 g/mol. The van der Waals surface area contributed by atoms with E-state index in [-0.39, 0.29) is 24.2 Å². The predicted octanol–water partition coefficient (Wildman–Crippen LogP) is 2.13. The molecule has 1 aliphatic rings. The van der Waals surface area contributed by atoms with Crippen LogP contribution in [0.3, 0.4) is 0 Å². The maximum Gasteiger partial charge on any atom is 0.151 e. The topological polar surface area (TPSA) is 85.3 Å². The molecule has 0 aliphatic carbocycles. The number of rotatable bonds is 10. The molecule has 0 saturated carbocycles. The second-order valence-corrected chi connectivity index (χ2v) is 9.71. The fourth-order valence-corrected chi connectivity index (χ4v) is 5.36. The first-order valence-corrected chi connectivity index (χ1v) is 11.7. The molecule has 1 aliphatic heterocycles. The standard InChI is InChI=1S/C22H29NO6S/c1-27-20-6-8-21(9-7-20)29-15-19(24)14-23(18-10-11-30(25,26)16-18)13-17-4-3-5-22(12-17)28-2/h3-9,12,18-19,24H,10-11,13-16H2,1-2H3/t18-,19+/m1/s1. The lowest BCUT2D eigenvalue weighted by Gasteiger charge is -2.30. The maximum absolute atomic E-state index is 12.0. The SMILES string of the molecule is COc1ccc(OC[C@@H](O)CN(Cc2cccc(OC)c2)[C@@H]2CCS(=O)(=O)C2)cc1. The smallest absolute Gasteiger partial charge is 0.151 e. The van der Waals surface area contributed by atoms with Gasteiger partial charge in [0, 0.05) is 19.1 Å². The molecule has 1 fully saturated rings. The minimum absolute atomic E-state index is 0.112. The van der Waals surface area contributed by atoms with Gasteiger partial charge in [0.1, 0.15) is 30.0 Å². The number of aliphatic hydroxyl groups excluding tert-OH is 1. The average molecular weight is 436 g/mol. The van der Waals surface area contributed by atoms with Gasteiger partial charge in [-0.3, -0.25) is 4.90 Å². The van der Waals surface area contributed by atoms with E-state index in [4.69, 9.17) is 14.2 Å². The molecule has 30 heavy (non-hydrogen) atoms. The molecule has 3 rings (SSSR count). The average Bonchev–Trinajstić information content (AvgIpc) is 3.12. The molecule has 8 heteroatoms. The molecule has 0 bridgehead atoms. The van der Waals surface area contributed by atoms with Crippen molar-refractivity contribution in [2.75, 3.05) is 38.9 Å². The van der Waals surface area contributed by atoms with Gasteiger partial charge in [-0.25, -0.2) is 8.42 Å². The Balaban J connectivity index is 1.64. The van der Waals surface area contributed by atoms with Gasteiger partial charge in [-0.05, 0) is 48.4 Å². The minimum atomic E-state index is -3.03. The zero-order valence-corrected chi connectivity index (χ0v) is 18.2. The van der Waals surface area contributed by atoms with Crippen molar-refractivity contribution in [2.45, 2.75) is 25.1 Å². The van der Waals surface area contributed by atoms with Crippen LogP contribution >= 0.6 is 0 Å². The van der Waals surface area contributed by atoms with Crippen molar-refractivity contribution in [1.82, 2.24) is 4.90 Å². The van der Waals surface area contributed by atoms with Gasteiger partial charge in [-0.1, -0.05) is 12.1 Å². The first-order chi connectivity index (χ1) is 14.4. The largest absolute Gasteiger partial charge is 0.497 e. The number of methoxy groups -OCH3 is 2. The molecule has 0 spiro atoms. The molecule has 0 radical (unpaired) electrons. The zero-order chi connectivity index (χ0) is 21.6. The van der Waals surface area contributed by atoms with Gasteiger partial charge >= 0.3 is 0 Å². The summed E-state index contributed by atoms with van der Waals surface area (Å²) in [6.07, 6.45) is -0.195. The Morgan fingerprint density at radius 1 is 1.07 bits per heavy atom. The number of nitrogens with zero attached hydrogens (tertiary/aromatic N) is 1. The number of sulfone groups is 1. The summed E-state index contributed by atoms with van der Waals surface area (Å²) < 4.78 is 40.1. The van der Waals surface area contributed by atoms with E-state index in [0.29, 0.717) is 25.3 Å². The summed E-state index contributed by atoms with van der Waals surface area (Å²) in [5.41, 5.74) is 1.00. The molecule has 2 aromatic rings. The Hall–Kier alpha value is -2.29. The maximum atomic E-state index is 12.0. The lowest BCUT2D eigenvalue weighted by atomic mass is 10.1. The number of hydrogen-bond acceptors (Lipinski definition) is 7. The van der Waals surface area contributed by atoms with Crippen molar-refractivity contribution >= 4 is 9.84 Å². The van der Waals surface area contributed by atoms with E-state index in [2.05, 4.69) is 0 Å². The normalized spacial score (nSPS) is 18.9. The van der Waals surface area contributed by atoms with Crippen molar-refractivity contribution < 1.29 is 27.7 Å². The van der Waals surface area contributed by atoms with E-state index in [1.54, 1.807) is 38.5 Å². The summed E-state index contributed by atoms with van der Waals surface area (Å²) in [5, 5.41) is 10.6. The van der Waals surface area contributed by atoms with Crippen LogP contribution in [0.1, 0.15) is 12.0 Å². The fraction of sp³-hybridized carbons (Fsp3) is 0.455. The van der Waals surface area contributed by atoms with Gasteiger partial charge in [0.25, 0.3) is 0 Å². The molecule has 7 nitrogen and oxygen atoms in total. The molecule has 0 amide bonds. The Kier molecular flexibility index (Phi) is 7.58. The minimum Gasteiger partial charge on any atom is -0.497 e. The lowest BCUT2D eigenvalue weighted by Crippen LogP contribution is -2.42. The zero-order valence-electron chi connectivity index (χ0n) is 17.4. The Bertz CT molecular complexity index is 915. The number of ether oxygens (including phenoxy) is 3. The molecule has 2 aromatic carbocycles. The van der Waals surface area contributed by atoms with E-state index in [1.165, 1.54) is 0 Å². The van der Waals surface area contributed by atoms with E-state index < -0.39 is 15.9 Å². The molecule has 1 heterocycles. The second kappa shape index (κ2) is 10.1. The van der Waals surface area contributed by atoms with Crippen LogP contribution in [-0.2, 0) is 16.4 Å². The summed E-state index contributed by atoms with van der Waals surface area (Å²) in [6.45, 7) is 0.949. The number of aliphatic hydroxyl groups is 1. The summed E-state index contributed by atoms with van der Waals surface area (Å²) >= 11 is 0. The Morgan fingerprint density at radius 3 is 2.40 bits per heavy atom. The third kappa shape index (κ3) is 6.35. The third-order valence-corrected chi connectivity index (χ3v) is 6.94. The van der Waals surface area contributed by atoms with E-state index in [1.807, 2.05) is 29.2 Å². The highest BCUT2D eigenvalue weighted by Gasteiger charge is 2.33. The van der Waals surface area contributed by atoms with Crippen molar-refractivity contribution in [3.8, 4) is 17.2 Å². The molecule has 0 unspecified atom stereocenters. The quantitative estimate of drug-likeness (QED) is 0.612. The van der Waals surface area contributed by atoms with Crippen LogP contribution in [-0.4, -0.2) is 69.4 Å². The molecule has 164 valence electrons. The van der Waals surface area contributed by atoms with Crippen LogP contribution in [0, 0.1) is 0 Å². The third-order valence-electron chi connectivity index (χ3n) is 5.19. The van der Waals surface area contributed by atoms with Gasteiger partial charge in [0.05, 0.1) is 25.7 Å². The highest BCUT2D eigenvalue weighted by molar-refractivity contribution is 7.91. The van der Waals surface area contributed by atoms with Gasteiger partial charge in [0.2, 0.25) is 0 Å². The van der Waals surface area contributed by atoms with Crippen LogP contribution in [0.2, 0.25) is 0 Å². The van der Waals surface area contributed by atoms with Gasteiger partial charge in [-0.15, -0.1) is 0 Å². The van der Waals surface area contributed by atoms with Crippen LogP contribution < -0.4 is 14.2 Å².